The first-order valence-corrected chi connectivity index (χ1v) is 6.86. The Balaban J connectivity index is 2.11. The summed E-state index contributed by atoms with van der Waals surface area (Å²) in [6.07, 6.45) is 0. The number of halogens is 1. The van der Waals surface area contributed by atoms with E-state index in [1.165, 1.54) is 31.2 Å². The predicted octanol–water partition coefficient (Wildman–Crippen LogP) is 3.64. The fourth-order valence-corrected chi connectivity index (χ4v) is 1.69. The predicted molar refractivity (Wildman–Crippen MR) is 86.9 cm³/mol. The van der Waals surface area contributed by atoms with Crippen LogP contribution in [0.15, 0.2) is 53.6 Å². The Labute approximate surface area is 136 Å². The zero-order chi connectivity index (χ0) is 16.8. The highest BCUT2D eigenvalue weighted by molar-refractivity contribution is 6.36. The number of anilines is 1. The van der Waals surface area contributed by atoms with E-state index in [1.807, 2.05) is 0 Å². The molecule has 0 unspecified atom stereocenters. The molecule has 118 valence electrons. The summed E-state index contributed by atoms with van der Waals surface area (Å²) in [7, 11) is 0. The molecule has 0 radical (unpaired) electrons. The van der Waals surface area contributed by atoms with Crippen LogP contribution in [0.1, 0.15) is 6.92 Å². The van der Waals surface area contributed by atoms with Crippen molar-refractivity contribution in [2.45, 2.75) is 6.92 Å². The summed E-state index contributed by atoms with van der Waals surface area (Å²) < 4.78 is 5.35. The molecule has 2 aromatic carbocycles. The number of carbonyl (C=O) groups is 1. The lowest BCUT2D eigenvalue weighted by Crippen LogP contribution is -2.19. The molecule has 0 aliphatic rings. The number of nitro benzene ring substituents is 1. The SMILES string of the molecule is CC(=O)C(=NNc1ccc(Cl)cc1)Oc1ccc([N+](=O)[O-])cc1. The van der Waals surface area contributed by atoms with Crippen molar-refractivity contribution < 1.29 is 14.5 Å². The topological polar surface area (TPSA) is 93.8 Å². The number of hydrogen-bond donors (Lipinski definition) is 1. The quantitative estimate of drug-likeness (QED) is 0.390. The average molecular weight is 334 g/mol. The molecule has 0 aromatic heterocycles. The zero-order valence-electron chi connectivity index (χ0n) is 12.0. The van der Waals surface area contributed by atoms with Gasteiger partial charge in [0.25, 0.3) is 11.6 Å². The second kappa shape index (κ2) is 7.37. The first kappa shape index (κ1) is 16.4. The Kier molecular flexibility index (Phi) is 5.27. The minimum Gasteiger partial charge on any atom is -0.435 e. The molecule has 8 heteroatoms. The Morgan fingerprint density at radius 3 is 2.30 bits per heavy atom. The summed E-state index contributed by atoms with van der Waals surface area (Å²) in [4.78, 5) is 21.6. The van der Waals surface area contributed by atoms with Gasteiger partial charge in [0.1, 0.15) is 5.75 Å². The maximum absolute atomic E-state index is 11.6. The molecule has 7 nitrogen and oxygen atoms in total. The first-order chi connectivity index (χ1) is 11.0. The molecule has 0 fully saturated rings. The Hall–Kier alpha value is -2.93. The van der Waals surface area contributed by atoms with E-state index in [0.717, 1.165) is 0 Å². The zero-order valence-corrected chi connectivity index (χ0v) is 12.8. The summed E-state index contributed by atoms with van der Waals surface area (Å²) in [6.45, 7) is 1.30. The number of benzene rings is 2. The minimum absolute atomic E-state index is 0.0713. The molecule has 0 amide bonds. The molecule has 0 aliphatic carbocycles. The molecule has 0 saturated heterocycles. The molecule has 1 N–H and O–H groups in total. The van der Waals surface area contributed by atoms with Crippen LogP contribution < -0.4 is 10.2 Å². The summed E-state index contributed by atoms with van der Waals surface area (Å²) in [5.74, 6) is -0.305. The third-order valence-electron chi connectivity index (χ3n) is 2.69. The van der Waals surface area contributed by atoms with Gasteiger partial charge in [-0.1, -0.05) is 11.6 Å². The molecular formula is C15H12ClN3O4. The van der Waals surface area contributed by atoms with Crippen molar-refractivity contribution in [3.05, 3.63) is 63.7 Å². The van der Waals surface area contributed by atoms with Crippen molar-refractivity contribution in [2.75, 3.05) is 5.43 Å². The number of hydrogen-bond acceptors (Lipinski definition) is 6. The first-order valence-electron chi connectivity index (χ1n) is 6.48. The molecule has 0 spiro atoms. The van der Waals surface area contributed by atoms with Crippen LogP contribution in [-0.2, 0) is 4.79 Å². The Morgan fingerprint density at radius 1 is 1.17 bits per heavy atom. The summed E-state index contributed by atoms with van der Waals surface area (Å²) in [5, 5.41) is 15.1. The van der Waals surface area contributed by atoms with Crippen molar-refractivity contribution in [1.29, 1.82) is 0 Å². The van der Waals surface area contributed by atoms with Crippen molar-refractivity contribution in [3.63, 3.8) is 0 Å². The van der Waals surface area contributed by atoms with Gasteiger partial charge in [-0.15, -0.1) is 5.10 Å². The fraction of sp³-hybridized carbons (Fsp3) is 0.0667. The number of ketones is 1. The van der Waals surface area contributed by atoms with Crippen LogP contribution in [0.25, 0.3) is 0 Å². The minimum atomic E-state index is -0.522. The average Bonchev–Trinajstić information content (AvgIpc) is 2.53. The van der Waals surface area contributed by atoms with Crippen LogP contribution in [0, 0.1) is 10.1 Å². The van der Waals surface area contributed by atoms with E-state index in [1.54, 1.807) is 24.3 Å². The van der Waals surface area contributed by atoms with Gasteiger partial charge in [0.2, 0.25) is 5.78 Å². The maximum atomic E-state index is 11.6. The van der Waals surface area contributed by atoms with E-state index < -0.39 is 10.7 Å². The van der Waals surface area contributed by atoms with E-state index in [0.29, 0.717) is 10.7 Å². The molecule has 2 rings (SSSR count). The van der Waals surface area contributed by atoms with Crippen LogP contribution in [0.5, 0.6) is 5.75 Å². The fourth-order valence-electron chi connectivity index (χ4n) is 1.56. The second-order valence-corrected chi connectivity index (χ2v) is 4.88. The van der Waals surface area contributed by atoms with E-state index in [2.05, 4.69) is 10.5 Å². The Morgan fingerprint density at radius 2 is 1.78 bits per heavy atom. The molecule has 0 heterocycles. The normalized spacial score (nSPS) is 11.0. The lowest BCUT2D eigenvalue weighted by Gasteiger charge is -2.07. The number of non-ortho nitro benzene ring substituents is 1. The highest BCUT2D eigenvalue weighted by Gasteiger charge is 2.11. The monoisotopic (exact) mass is 333 g/mol. The van der Waals surface area contributed by atoms with Gasteiger partial charge in [0, 0.05) is 24.1 Å². The van der Waals surface area contributed by atoms with Crippen LogP contribution in [-0.4, -0.2) is 16.6 Å². The van der Waals surface area contributed by atoms with Crippen molar-refractivity contribution in [3.8, 4) is 5.75 Å². The number of rotatable bonds is 5. The van der Waals surface area contributed by atoms with Gasteiger partial charge in [-0.25, -0.2) is 0 Å². The van der Waals surface area contributed by atoms with Gasteiger partial charge < -0.3 is 4.74 Å². The van der Waals surface area contributed by atoms with Crippen LogP contribution >= 0.6 is 11.6 Å². The van der Waals surface area contributed by atoms with E-state index >= 15 is 0 Å². The van der Waals surface area contributed by atoms with Crippen LogP contribution in [0.4, 0.5) is 11.4 Å². The van der Waals surface area contributed by atoms with Gasteiger partial charge in [-0.05, 0) is 36.4 Å². The number of carbonyl (C=O) groups excluding carboxylic acids is 1. The van der Waals surface area contributed by atoms with Gasteiger partial charge in [0.05, 0.1) is 10.6 Å². The van der Waals surface area contributed by atoms with Gasteiger partial charge in [-0.3, -0.25) is 20.3 Å². The Bertz CT molecular complexity index is 742. The van der Waals surface area contributed by atoms with Gasteiger partial charge >= 0.3 is 0 Å². The largest absolute Gasteiger partial charge is 0.435 e. The van der Waals surface area contributed by atoms with Gasteiger partial charge in [-0.2, -0.15) is 0 Å². The molecule has 23 heavy (non-hydrogen) atoms. The van der Waals surface area contributed by atoms with Crippen molar-refractivity contribution in [1.82, 2.24) is 0 Å². The lowest BCUT2D eigenvalue weighted by atomic mass is 10.3. The number of hydrazone groups is 1. The molecule has 0 saturated carbocycles. The molecule has 0 bridgehead atoms. The summed E-state index contributed by atoms with van der Waals surface area (Å²) in [6, 6.07) is 12.1. The van der Waals surface area contributed by atoms with Crippen molar-refractivity contribution in [2.24, 2.45) is 5.10 Å². The lowest BCUT2D eigenvalue weighted by molar-refractivity contribution is -0.384. The third-order valence-corrected chi connectivity index (χ3v) is 2.95. The third kappa shape index (κ3) is 4.79. The number of nitrogens with zero attached hydrogens (tertiary/aromatic N) is 2. The second-order valence-electron chi connectivity index (χ2n) is 4.44. The van der Waals surface area contributed by atoms with E-state index in [-0.39, 0.29) is 17.3 Å². The standard InChI is InChI=1S/C15H12ClN3O4/c1-10(20)15(18-17-12-4-2-11(16)3-5-12)23-14-8-6-13(7-9-14)19(21)22/h2-9,17H,1H3. The number of nitro groups is 1. The molecule has 0 atom stereocenters. The number of nitrogens with one attached hydrogen (secondary N) is 1. The van der Waals surface area contributed by atoms with Crippen molar-refractivity contribution >= 4 is 34.7 Å². The van der Waals surface area contributed by atoms with Crippen LogP contribution in [0.3, 0.4) is 0 Å². The van der Waals surface area contributed by atoms with Gasteiger partial charge in [0.15, 0.2) is 0 Å². The summed E-state index contributed by atoms with van der Waals surface area (Å²) >= 11 is 5.78. The number of Topliss-reactive ketones (excluding diaryl/α,β-unsaturated/α-hetero) is 1. The number of ether oxygens (including phenoxy) is 1. The molecule has 2 aromatic rings. The highest BCUT2D eigenvalue weighted by atomic mass is 35.5. The maximum Gasteiger partial charge on any atom is 0.280 e. The highest BCUT2D eigenvalue weighted by Crippen LogP contribution is 2.18. The summed E-state index contributed by atoms with van der Waals surface area (Å²) in [5.41, 5.74) is 3.23. The smallest absolute Gasteiger partial charge is 0.280 e. The molecule has 0 aliphatic heterocycles. The van der Waals surface area contributed by atoms with E-state index in [4.69, 9.17) is 16.3 Å². The molecular weight excluding hydrogens is 322 g/mol. The van der Waals surface area contributed by atoms with Crippen LogP contribution in [0.2, 0.25) is 5.02 Å². The van der Waals surface area contributed by atoms with E-state index in [9.17, 15) is 14.9 Å².